The molecule has 0 heterocycles. The lowest BCUT2D eigenvalue weighted by molar-refractivity contribution is 0.0597. The van der Waals surface area contributed by atoms with Gasteiger partial charge in [-0.25, -0.2) is 13.2 Å². The highest BCUT2D eigenvalue weighted by Gasteiger charge is 2.21. The Bertz CT molecular complexity index is 918. The van der Waals surface area contributed by atoms with E-state index in [1.807, 2.05) is 12.1 Å². The summed E-state index contributed by atoms with van der Waals surface area (Å²) in [5, 5.41) is 0. The highest BCUT2D eigenvalue weighted by molar-refractivity contribution is 7.92. The van der Waals surface area contributed by atoms with Gasteiger partial charge in [0.1, 0.15) is 11.3 Å². The number of methoxy groups -OCH3 is 2. The summed E-state index contributed by atoms with van der Waals surface area (Å²) in [4.78, 5) is 11.9. The summed E-state index contributed by atoms with van der Waals surface area (Å²) in [5.74, 6) is -0.336. The van der Waals surface area contributed by atoms with Gasteiger partial charge in [-0.05, 0) is 41.7 Å². The van der Waals surface area contributed by atoms with Crippen molar-refractivity contribution in [3.05, 3.63) is 53.6 Å². The molecule has 27 heavy (non-hydrogen) atoms. The van der Waals surface area contributed by atoms with E-state index in [2.05, 4.69) is 30.2 Å². The van der Waals surface area contributed by atoms with E-state index in [1.165, 1.54) is 32.4 Å². The molecule has 7 heteroatoms. The standard InChI is InChI=1S/C20H25NO5S/c1-6-20(2,3)14-7-10-16(11-8-14)27(23,24)21-15-9-12-17(19(22)26-5)18(13-15)25-4/h7-13,21H,6H2,1-5H3. The molecule has 2 aromatic carbocycles. The van der Waals surface area contributed by atoms with Crippen LogP contribution in [-0.2, 0) is 20.2 Å². The zero-order valence-electron chi connectivity index (χ0n) is 16.2. The van der Waals surface area contributed by atoms with Crippen molar-refractivity contribution in [3.63, 3.8) is 0 Å². The first-order valence-electron chi connectivity index (χ1n) is 8.54. The molecule has 0 saturated carbocycles. The van der Waals surface area contributed by atoms with Crippen molar-refractivity contribution in [2.75, 3.05) is 18.9 Å². The number of ether oxygens (including phenoxy) is 2. The summed E-state index contributed by atoms with van der Waals surface area (Å²) in [7, 11) is -1.10. The van der Waals surface area contributed by atoms with Crippen LogP contribution in [0.4, 0.5) is 5.69 Å². The predicted molar refractivity (Wildman–Crippen MR) is 105 cm³/mol. The normalized spacial score (nSPS) is 11.7. The monoisotopic (exact) mass is 391 g/mol. The quantitative estimate of drug-likeness (QED) is 0.722. The first-order valence-corrected chi connectivity index (χ1v) is 10.0. The largest absolute Gasteiger partial charge is 0.496 e. The van der Waals surface area contributed by atoms with Gasteiger partial charge < -0.3 is 9.47 Å². The van der Waals surface area contributed by atoms with Crippen molar-refractivity contribution >= 4 is 21.7 Å². The Morgan fingerprint density at radius 3 is 2.22 bits per heavy atom. The summed E-state index contributed by atoms with van der Waals surface area (Å²) in [5.41, 5.74) is 1.56. The Balaban J connectivity index is 2.29. The first kappa shape index (κ1) is 20.8. The summed E-state index contributed by atoms with van der Waals surface area (Å²) >= 11 is 0. The van der Waals surface area contributed by atoms with Gasteiger partial charge in [0.15, 0.2) is 0 Å². The number of anilines is 1. The van der Waals surface area contributed by atoms with Crippen molar-refractivity contribution in [1.29, 1.82) is 0 Å². The van der Waals surface area contributed by atoms with Crippen LogP contribution in [0, 0.1) is 0 Å². The number of esters is 1. The maximum absolute atomic E-state index is 12.7. The molecule has 0 saturated heterocycles. The first-order chi connectivity index (χ1) is 12.6. The molecule has 0 atom stereocenters. The molecule has 0 aliphatic carbocycles. The summed E-state index contributed by atoms with van der Waals surface area (Å²) in [6.45, 7) is 6.32. The lowest BCUT2D eigenvalue weighted by Crippen LogP contribution is -2.17. The molecule has 0 aromatic heterocycles. The fourth-order valence-corrected chi connectivity index (χ4v) is 3.59. The van der Waals surface area contributed by atoms with E-state index >= 15 is 0 Å². The highest BCUT2D eigenvalue weighted by atomic mass is 32.2. The van der Waals surface area contributed by atoms with Crippen LogP contribution in [0.25, 0.3) is 0 Å². The SMILES string of the molecule is CCC(C)(C)c1ccc(S(=O)(=O)Nc2ccc(C(=O)OC)c(OC)c2)cc1. The van der Waals surface area contributed by atoms with Crippen LogP contribution in [0.1, 0.15) is 43.1 Å². The van der Waals surface area contributed by atoms with E-state index in [-0.39, 0.29) is 27.3 Å². The molecule has 146 valence electrons. The summed E-state index contributed by atoms with van der Waals surface area (Å²) in [6, 6.07) is 11.2. The third-order valence-electron chi connectivity index (χ3n) is 4.69. The number of benzene rings is 2. The number of sulfonamides is 1. The minimum absolute atomic E-state index is 0.0210. The number of rotatable bonds is 7. The Morgan fingerprint density at radius 1 is 1.07 bits per heavy atom. The minimum Gasteiger partial charge on any atom is -0.496 e. The van der Waals surface area contributed by atoms with Gasteiger partial charge in [0.05, 0.1) is 24.8 Å². The van der Waals surface area contributed by atoms with E-state index in [1.54, 1.807) is 12.1 Å². The Hall–Kier alpha value is -2.54. The molecule has 0 radical (unpaired) electrons. The summed E-state index contributed by atoms with van der Waals surface area (Å²) in [6.07, 6.45) is 0.948. The fraction of sp³-hybridized carbons (Fsp3) is 0.350. The number of nitrogens with one attached hydrogen (secondary N) is 1. The van der Waals surface area contributed by atoms with Crippen LogP contribution in [0.2, 0.25) is 0 Å². The molecule has 1 N–H and O–H groups in total. The maximum atomic E-state index is 12.7. The van der Waals surface area contributed by atoms with Crippen molar-refractivity contribution in [2.24, 2.45) is 0 Å². The lowest BCUT2D eigenvalue weighted by atomic mass is 9.82. The van der Waals surface area contributed by atoms with E-state index < -0.39 is 16.0 Å². The molecule has 0 aliphatic heterocycles. The molecule has 2 rings (SSSR count). The van der Waals surface area contributed by atoms with Crippen LogP contribution in [-0.4, -0.2) is 28.6 Å². The number of hydrogen-bond donors (Lipinski definition) is 1. The molecule has 0 fully saturated rings. The van der Waals surface area contributed by atoms with Crippen LogP contribution >= 0.6 is 0 Å². The van der Waals surface area contributed by atoms with Gasteiger partial charge in [-0.3, -0.25) is 4.72 Å². The van der Waals surface area contributed by atoms with Gasteiger partial charge in [0.2, 0.25) is 0 Å². The molecule has 0 amide bonds. The zero-order chi connectivity index (χ0) is 20.2. The van der Waals surface area contributed by atoms with Gasteiger partial charge in [-0.1, -0.05) is 32.9 Å². The second-order valence-electron chi connectivity index (χ2n) is 6.77. The van der Waals surface area contributed by atoms with Crippen molar-refractivity contribution < 1.29 is 22.7 Å². The molecule has 0 aliphatic rings. The molecule has 6 nitrogen and oxygen atoms in total. The van der Waals surface area contributed by atoms with Crippen LogP contribution in [0.15, 0.2) is 47.4 Å². The molecule has 0 bridgehead atoms. The topological polar surface area (TPSA) is 81.7 Å². The van der Waals surface area contributed by atoms with Crippen molar-refractivity contribution in [3.8, 4) is 5.75 Å². The highest BCUT2D eigenvalue weighted by Crippen LogP contribution is 2.29. The van der Waals surface area contributed by atoms with Gasteiger partial charge in [-0.15, -0.1) is 0 Å². The van der Waals surface area contributed by atoms with Gasteiger partial charge in [-0.2, -0.15) is 0 Å². The second-order valence-corrected chi connectivity index (χ2v) is 8.46. The Morgan fingerprint density at radius 2 is 1.70 bits per heavy atom. The predicted octanol–water partition coefficient (Wildman–Crippen LogP) is 3.97. The van der Waals surface area contributed by atoms with Gasteiger partial charge in [0, 0.05) is 6.07 Å². The third kappa shape index (κ3) is 4.60. The average molecular weight is 391 g/mol. The van der Waals surface area contributed by atoms with Gasteiger partial charge in [0.25, 0.3) is 10.0 Å². The van der Waals surface area contributed by atoms with E-state index in [9.17, 15) is 13.2 Å². The molecular weight excluding hydrogens is 366 g/mol. The number of carbonyl (C=O) groups is 1. The van der Waals surface area contributed by atoms with Crippen LogP contribution < -0.4 is 9.46 Å². The smallest absolute Gasteiger partial charge is 0.341 e. The Kier molecular flexibility index (Phi) is 6.15. The average Bonchev–Trinajstić information content (AvgIpc) is 2.67. The lowest BCUT2D eigenvalue weighted by Gasteiger charge is -2.23. The molecule has 0 unspecified atom stereocenters. The van der Waals surface area contributed by atoms with Gasteiger partial charge >= 0.3 is 5.97 Å². The third-order valence-corrected chi connectivity index (χ3v) is 6.09. The summed E-state index contributed by atoms with van der Waals surface area (Å²) < 4.78 is 37.7. The fourth-order valence-electron chi connectivity index (χ4n) is 2.54. The van der Waals surface area contributed by atoms with Crippen molar-refractivity contribution in [2.45, 2.75) is 37.5 Å². The molecule has 2 aromatic rings. The van der Waals surface area contributed by atoms with E-state index in [0.29, 0.717) is 0 Å². The second kappa shape index (κ2) is 8.00. The Labute approximate surface area is 160 Å². The van der Waals surface area contributed by atoms with Crippen LogP contribution in [0.5, 0.6) is 5.75 Å². The zero-order valence-corrected chi connectivity index (χ0v) is 17.0. The minimum atomic E-state index is -3.77. The molecule has 0 spiro atoms. The number of hydrogen-bond acceptors (Lipinski definition) is 5. The van der Waals surface area contributed by atoms with E-state index in [4.69, 9.17) is 4.74 Å². The maximum Gasteiger partial charge on any atom is 0.341 e. The van der Waals surface area contributed by atoms with Crippen LogP contribution in [0.3, 0.4) is 0 Å². The molecular formula is C20H25NO5S. The number of carbonyl (C=O) groups excluding carboxylic acids is 1. The van der Waals surface area contributed by atoms with Crippen molar-refractivity contribution in [1.82, 2.24) is 0 Å². The van der Waals surface area contributed by atoms with E-state index in [0.717, 1.165) is 12.0 Å².